The molecule has 0 aliphatic heterocycles. The van der Waals surface area contributed by atoms with Gasteiger partial charge in [0.05, 0.1) is 18.9 Å². The van der Waals surface area contributed by atoms with Crippen LogP contribution >= 0.6 is 11.6 Å². The predicted molar refractivity (Wildman–Crippen MR) is 118 cm³/mol. The van der Waals surface area contributed by atoms with Crippen LogP contribution in [0.4, 0.5) is 10.6 Å². The maximum Gasteiger partial charge on any atom is 0.412 e. The lowest BCUT2D eigenvalue weighted by molar-refractivity contribution is -0.119. The molecular weight excluding hydrogens is 422 g/mol. The van der Waals surface area contributed by atoms with Crippen molar-refractivity contribution < 1.29 is 19.1 Å². The number of anilines is 1. The molecule has 10 heteroatoms. The van der Waals surface area contributed by atoms with Gasteiger partial charge in [0, 0.05) is 26.1 Å². The highest BCUT2D eigenvalue weighted by atomic mass is 35.5. The molecule has 0 bridgehead atoms. The molecule has 0 radical (unpaired) electrons. The minimum atomic E-state index is -0.566. The van der Waals surface area contributed by atoms with E-state index < -0.39 is 6.09 Å². The highest BCUT2D eigenvalue weighted by Gasteiger charge is 2.12. The van der Waals surface area contributed by atoms with Crippen LogP contribution in [0, 0.1) is 0 Å². The molecule has 2 aromatic rings. The number of aromatic nitrogens is 2. The van der Waals surface area contributed by atoms with E-state index in [1.54, 1.807) is 12.1 Å². The predicted octanol–water partition coefficient (Wildman–Crippen LogP) is 3.11. The first-order valence-electron chi connectivity index (χ1n) is 10.0. The zero-order valence-corrected chi connectivity index (χ0v) is 18.7. The second kappa shape index (κ2) is 12.7. The summed E-state index contributed by atoms with van der Waals surface area (Å²) in [5.41, 5.74) is 1.77. The van der Waals surface area contributed by atoms with Gasteiger partial charge in [0.15, 0.2) is 0 Å². The fourth-order valence-corrected chi connectivity index (χ4v) is 2.92. The van der Waals surface area contributed by atoms with Crippen molar-refractivity contribution in [2.45, 2.75) is 33.2 Å². The van der Waals surface area contributed by atoms with Gasteiger partial charge in [-0.3, -0.25) is 4.79 Å². The lowest BCUT2D eigenvalue weighted by Gasteiger charge is -2.17. The van der Waals surface area contributed by atoms with Gasteiger partial charge in [-0.05, 0) is 31.0 Å². The molecule has 1 atom stereocenters. The zero-order valence-electron chi connectivity index (χ0n) is 17.9. The number of halogens is 1. The summed E-state index contributed by atoms with van der Waals surface area (Å²) < 4.78 is 10.5. The van der Waals surface area contributed by atoms with E-state index in [2.05, 4.69) is 25.9 Å². The normalized spacial score (nSPS) is 11.5. The SMILES string of the molecule is CCc1ncnc(NC(C)c2ccc(OC(=O)NCCOCCNC(C)=O)cc2)c1Cl. The standard InChI is InChI=1S/C21H28ClN5O4/c1-4-18-19(22)20(26-13-25-18)27-14(2)16-5-7-17(8-6-16)31-21(29)24-10-12-30-11-9-23-15(3)28/h5-8,13-14H,4,9-12H2,1-3H3,(H,23,28)(H,24,29)(H,25,26,27). The summed E-state index contributed by atoms with van der Waals surface area (Å²) >= 11 is 6.34. The molecule has 0 fully saturated rings. The molecular formula is C21H28ClN5O4. The molecule has 3 N–H and O–H groups in total. The van der Waals surface area contributed by atoms with Crippen LogP contribution in [0.2, 0.25) is 5.02 Å². The molecule has 0 aliphatic rings. The van der Waals surface area contributed by atoms with Gasteiger partial charge in [-0.1, -0.05) is 30.7 Å². The smallest absolute Gasteiger partial charge is 0.410 e. The lowest BCUT2D eigenvalue weighted by atomic mass is 10.1. The molecule has 1 unspecified atom stereocenters. The monoisotopic (exact) mass is 449 g/mol. The lowest BCUT2D eigenvalue weighted by Crippen LogP contribution is -2.31. The number of aryl methyl sites for hydroxylation is 1. The van der Waals surface area contributed by atoms with E-state index in [0.717, 1.165) is 17.7 Å². The van der Waals surface area contributed by atoms with Crippen molar-refractivity contribution in [2.24, 2.45) is 0 Å². The Balaban J connectivity index is 1.76. The Kier molecular flexibility index (Phi) is 9.99. The van der Waals surface area contributed by atoms with Crippen LogP contribution in [-0.4, -0.2) is 48.3 Å². The topological polar surface area (TPSA) is 114 Å². The molecule has 0 saturated carbocycles. The van der Waals surface area contributed by atoms with Gasteiger partial charge in [-0.15, -0.1) is 0 Å². The second-order valence-electron chi connectivity index (χ2n) is 6.68. The maximum absolute atomic E-state index is 11.9. The molecule has 168 valence electrons. The van der Waals surface area contributed by atoms with Crippen molar-refractivity contribution in [3.05, 3.63) is 46.9 Å². The highest BCUT2D eigenvalue weighted by Crippen LogP contribution is 2.27. The fourth-order valence-electron chi connectivity index (χ4n) is 2.64. The van der Waals surface area contributed by atoms with Gasteiger partial charge >= 0.3 is 6.09 Å². The average Bonchev–Trinajstić information content (AvgIpc) is 2.74. The number of rotatable bonds is 11. The Morgan fingerprint density at radius 2 is 1.77 bits per heavy atom. The average molecular weight is 450 g/mol. The molecule has 31 heavy (non-hydrogen) atoms. The molecule has 2 amide bonds. The van der Waals surface area contributed by atoms with E-state index in [0.29, 0.717) is 42.9 Å². The van der Waals surface area contributed by atoms with Crippen LogP contribution in [0.5, 0.6) is 5.75 Å². The van der Waals surface area contributed by atoms with E-state index >= 15 is 0 Å². The summed E-state index contributed by atoms with van der Waals surface area (Å²) in [5.74, 6) is 0.901. The van der Waals surface area contributed by atoms with Gasteiger partial charge in [0.25, 0.3) is 0 Å². The van der Waals surface area contributed by atoms with Crippen LogP contribution in [0.25, 0.3) is 0 Å². The summed E-state index contributed by atoms with van der Waals surface area (Å²) in [6, 6.07) is 7.10. The van der Waals surface area contributed by atoms with Crippen LogP contribution < -0.4 is 20.7 Å². The summed E-state index contributed by atoms with van der Waals surface area (Å²) in [6.45, 7) is 6.85. The number of amides is 2. The minimum absolute atomic E-state index is 0.0605. The number of carbonyl (C=O) groups excluding carboxylic acids is 2. The van der Waals surface area contributed by atoms with Crippen molar-refractivity contribution in [3.8, 4) is 5.75 Å². The Morgan fingerprint density at radius 1 is 1.10 bits per heavy atom. The van der Waals surface area contributed by atoms with Crippen molar-refractivity contribution in [3.63, 3.8) is 0 Å². The minimum Gasteiger partial charge on any atom is -0.410 e. The quantitative estimate of drug-likeness (QED) is 0.451. The second-order valence-corrected chi connectivity index (χ2v) is 7.06. The maximum atomic E-state index is 11.9. The molecule has 9 nitrogen and oxygen atoms in total. The number of nitrogens with zero attached hydrogens (tertiary/aromatic N) is 2. The third-order valence-corrected chi connectivity index (χ3v) is 4.67. The molecule has 0 saturated heterocycles. The molecule has 1 heterocycles. The number of benzene rings is 1. The number of hydrogen-bond donors (Lipinski definition) is 3. The van der Waals surface area contributed by atoms with Crippen molar-refractivity contribution in [1.29, 1.82) is 0 Å². The summed E-state index contributed by atoms with van der Waals surface area (Å²) in [7, 11) is 0. The van der Waals surface area contributed by atoms with E-state index in [1.807, 2.05) is 26.0 Å². The summed E-state index contributed by atoms with van der Waals surface area (Å²) in [4.78, 5) is 31.0. The molecule has 2 rings (SSSR count). The Bertz CT molecular complexity index is 863. The summed E-state index contributed by atoms with van der Waals surface area (Å²) in [6.07, 6.45) is 1.65. The largest absolute Gasteiger partial charge is 0.412 e. The Morgan fingerprint density at radius 3 is 2.42 bits per heavy atom. The third-order valence-electron chi connectivity index (χ3n) is 4.28. The van der Waals surface area contributed by atoms with E-state index in [4.69, 9.17) is 21.1 Å². The van der Waals surface area contributed by atoms with E-state index in [9.17, 15) is 9.59 Å². The van der Waals surface area contributed by atoms with Gasteiger partial charge in [0.1, 0.15) is 22.9 Å². The first kappa shape index (κ1) is 24.4. The number of nitrogens with one attached hydrogen (secondary N) is 3. The van der Waals surface area contributed by atoms with E-state index in [1.165, 1.54) is 13.3 Å². The van der Waals surface area contributed by atoms with Crippen LogP contribution in [0.1, 0.15) is 38.1 Å². The molecule has 1 aromatic carbocycles. The van der Waals surface area contributed by atoms with Crippen molar-refractivity contribution >= 4 is 29.4 Å². The van der Waals surface area contributed by atoms with Crippen molar-refractivity contribution in [2.75, 3.05) is 31.6 Å². The molecule has 0 spiro atoms. The van der Waals surface area contributed by atoms with Crippen LogP contribution in [-0.2, 0) is 16.0 Å². The van der Waals surface area contributed by atoms with Crippen molar-refractivity contribution in [1.82, 2.24) is 20.6 Å². The Labute approximate surface area is 186 Å². The zero-order chi connectivity index (χ0) is 22.6. The first-order valence-corrected chi connectivity index (χ1v) is 10.4. The third kappa shape index (κ3) is 8.39. The number of ether oxygens (including phenoxy) is 2. The first-order chi connectivity index (χ1) is 14.9. The number of carbonyl (C=O) groups is 2. The molecule has 1 aromatic heterocycles. The Hall–Kier alpha value is -2.91. The van der Waals surface area contributed by atoms with Gasteiger partial charge in [0.2, 0.25) is 5.91 Å². The van der Waals surface area contributed by atoms with Gasteiger partial charge < -0.3 is 25.4 Å². The van der Waals surface area contributed by atoms with Crippen LogP contribution in [0.3, 0.4) is 0 Å². The molecule has 0 aliphatic carbocycles. The van der Waals surface area contributed by atoms with Crippen LogP contribution in [0.15, 0.2) is 30.6 Å². The van der Waals surface area contributed by atoms with Gasteiger partial charge in [-0.25, -0.2) is 14.8 Å². The van der Waals surface area contributed by atoms with Gasteiger partial charge in [-0.2, -0.15) is 0 Å². The number of hydrogen-bond acceptors (Lipinski definition) is 7. The fraction of sp³-hybridized carbons (Fsp3) is 0.429. The highest BCUT2D eigenvalue weighted by molar-refractivity contribution is 6.33. The van der Waals surface area contributed by atoms with E-state index in [-0.39, 0.29) is 11.9 Å². The summed E-state index contributed by atoms with van der Waals surface area (Å²) in [5, 5.41) is 9.02.